The first kappa shape index (κ1) is 40.5. The van der Waals surface area contributed by atoms with Gasteiger partial charge in [-0.1, -0.05) is 0 Å². The summed E-state index contributed by atoms with van der Waals surface area (Å²) in [5.74, 6) is 0. The van der Waals surface area contributed by atoms with Crippen molar-refractivity contribution in [3.8, 4) is 0 Å². The molecule has 2 aliphatic rings. The van der Waals surface area contributed by atoms with Crippen LogP contribution in [0.2, 0.25) is 0 Å². The molecule has 0 aromatic rings. The van der Waals surface area contributed by atoms with E-state index in [0.717, 1.165) is 0 Å². The van der Waals surface area contributed by atoms with Crippen molar-refractivity contribution in [3.05, 3.63) is 0 Å². The van der Waals surface area contributed by atoms with Crippen molar-refractivity contribution >= 4 is 0 Å². The Hall–Kier alpha value is -0.640. The van der Waals surface area contributed by atoms with Gasteiger partial charge in [0.1, 0.15) is 73.2 Å². The average Bonchev–Trinajstić information content (AvgIpc) is 3.05. The molecule has 14 atom stereocenters. The number of aliphatic hydroxyl groups excluding tert-OH is 1. The van der Waals surface area contributed by atoms with Gasteiger partial charge in [-0.2, -0.15) is 0 Å². The first-order valence-corrected chi connectivity index (χ1v) is 14.7. The van der Waals surface area contributed by atoms with Crippen LogP contribution in [0.3, 0.4) is 0 Å². The normalized spacial score (nSPS) is 35.2. The van der Waals surface area contributed by atoms with Gasteiger partial charge in [0, 0.05) is 78.2 Å². The molecule has 2 saturated heterocycles. The van der Waals surface area contributed by atoms with Crippen molar-refractivity contribution in [1.82, 2.24) is 0 Å². The van der Waals surface area contributed by atoms with E-state index in [1.54, 1.807) is 28.4 Å². The molecule has 0 amide bonds. The van der Waals surface area contributed by atoms with Crippen molar-refractivity contribution < 1.29 is 76.2 Å². The van der Waals surface area contributed by atoms with Gasteiger partial charge in [-0.25, -0.2) is 0 Å². The number of rotatable bonds is 22. The SMILES string of the molecule is COC[C@H]1O[C@H](O[C@H]2[C@H](OC)[C@@H](OC)[C@@H](O[C@@H]([C@H](OC)[C@H](CO)OC)[C@@H](COC)OC)O[C@@H]2COC)[C@H](OC)[C@@H](OC)[C@@H]1OC. The molecule has 0 spiro atoms. The first-order chi connectivity index (χ1) is 21.8. The summed E-state index contributed by atoms with van der Waals surface area (Å²) in [5.41, 5.74) is 0. The zero-order valence-corrected chi connectivity index (χ0v) is 28.5. The van der Waals surface area contributed by atoms with Crippen molar-refractivity contribution in [2.24, 2.45) is 0 Å². The van der Waals surface area contributed by atoms with E-state index < -0.39 is 85.8 Å². The molecular weight excluding hydrogens is 604 g/mol. The van der Waals surface area contributed by atoms with Crippen molar-refractivity contribution in [1.29, 1.82) is 0 Å². The van der Waals surface area contributed by atoms with Gasteiger partial charge in [0.2, 0.25) is 0 Å². The molecule has 16 heteroatoms. The summed E-state index contributed by atoms with van der Waals surface area (Å²) in [6.07, 6.45) is -10.3. The minimum Gasteiger partial charge on any atom is -0.394 e. The van der Waals surface area contributed by atoms with E-state index >= 15 is 0 Å². The Labute approximate surface area is 266 Å². The number of hydrogen-bond donors (Lipinski definition) is 1. The van der Waals surface area contributed by atoms with Gasteiger partial charge in [-0.15, -0.1) is 0 Å². The molecule has 45 heavy (non-hydrogen) atoms. The van der Waals surface area contributed by atoms with E-state index in [-0.39, 0.29) is 26.4 Å². The Morgan fingerprint density at radius 3 is 1.44 bits per heavy atom. The molecule has 0 aromatic heterocycles. The summed E-state index contributed by atoms with van der Waals surface area (Å²) in [4.78, 5) is 0. The third-order valence-corrected chi connectivity index (χ3v) is 8.23. The first-order valence-electron chi connectivity index (χ1n) is 14.7. The molecule has 0 aromatic carbocycles. The largest absolute Gasteiger partial charge is 0.394 e. The maximum atomic E-state index is 10.0. The lowest BCUT2D eigenvalue weighted by Gasteiger charge is -2.50. The highest BCUT2D eigenvalue weighted by Gasteiger charge is 2.54. The second-order valence-electron chi connectivity index (χ2n) is 10.6. The predicted octanol–water partition coefficient (Wildman–Crippen LogP) is -0.742. The monoisotopic (exact) mass is 660 g/mol. The van der Waals surface area contributed by atoms with Gasteiger partial charge in [-0.3, -0.25) is 0 Å². The van der Waals surface area contributed by atoms with Gasteiger partial charge >= 0.3 is 0 Å². The van der Waals surface area contributed by atoms with Crippen molar-refractivity contribution in [2.45, 2.75) is 85.8 Å². The molecule has 0 saturated carbocycles. The zero-order valence-electron chi connectivity index (χ0n) is 28.5. The molecule has 2 heterocycles. The van der Waals surface area contributed by atoms with Crippen molar-refractivity contribution in [2.75, 3.05) is 105 Å². The van der Waals surface area contributed by atoms with Gasteiger partial charge in [-0.05, 0) is 0 Å². The minimum absolute atomic E-state index is 0.0998. The van der Waals surface area contributed by atoms with Gasteiger partial charge < -0.3 is 76.2 Å². The minimum atomic E-state index is -1.04. The Bertz CT molecular complexity index is 762. The number of ether oxygens (including phenoxy) is 15. The summed E-state index contributed by atoms with van der Waals surface area (Å²) >= 11 is 0. The lowest BCUT2D eigenvalue weighted by Crippen LogP contribution is -2.67. The fourth-order valence-corrected chi connectivity index (χ4v) is 6.01. The maximum absolute atomic E-state index is 10.0. The van der Waals surface area contributed by atoms with Crippen LogP contribution in [-0.4, -0.2) is 196 Å². The quantitative estimate of drug-likeness (QED) is 0.155. The highest BCUT2D eigenvalue weighted by Crippen LogP contribution is 2.35. The summed E-state index contributed by atoms with van der Waals surface area (Å²) in [7, 11) is 16.9. The molecule has 16 nitrogen and oxygen atoms in total. The van der Waals surface area contributed by atoms with E-state index in [4.69, 9.17) is 71.1 Å². The average molecular weight is 661 g/mol. The molecule has 0 unspecified atom stereocenters. The fourth-order valence-electron chi connectivity index (χ4n) is 6.01. The smallest absolute Gasteiger partial charge is 0.187 e. The van der Waals surface area contributed by atoms with Crippen LogP contribution in [0.15, 0.2) is 0 Å². The van der Waals surface area contributed by atoms with E-state index in [1.807, 2.05) is 0 Å². The number of aliphatic hydroxyl groups is 1. The Kier molecular flexibility index (Phi) is 19.2. The van der Waals surface area contributed by atoms with Gasteiger partial charge in [0.25, 0.3) is 0 Å². The van der Waals surface area contributed by atoms with Crippen LogP contribution < -0.4 is 0 Å². The topological polar surface area (TPSA) is 159 Å². The van der Waals surface area contributed by atoms with Crippen molar-refractivity contribution in [3.63, 3.8) is 0 Å². The molecular formula is C29H56O16. The lowest BCUT2D eigenvalue weighted by molar-refractivity contribution is -0.375. The molecule has 2 fully saturated rings. The summed E-state index contributed by atoms with van der Waals surface area (Å²) in [5, 5.41) is 10.0. The molecule has 2 rings (SSSR count). The highest BCUT2D eigenvalue weighted by molar-refractivity contribution is 4.97. The highest BCUT2D eigenvalue weighted by atomic mass is 16.8. The van der Waals surface area contributed by atoms with E-state index in [1.165, 1.54) is 49.8 Å². The third-order valence-electron chi connectivity index (χ3n) is 8.23. The lowest BCUT2D eigenvalue weighted by atomic mass is 9.96. The van der Waals surface area contributed by atoms with Gasteiger partial charge in [0.15, 0.2) is 12.6 Å². The Morgan fingerprint density at radius 1 is 0.511 bits per heavy atom. The second-order valence-corrected chi connectivity index (χ2v) is 10.6. The standard InChI is InChI=1S/C29H56O16/c1-31-13-17(35-5)22(20(36-6)16(12-30)34-4)44-29-27(41-11)25(39-9)23(19(43-29)15-33-3)45-28-26(40-10)24(38-8)21(37-7)18(42-28)14-32-2/h16-30H,12-15H2,1-11H3/t16-,17+,18+,19+,20+,21+,22+,23+,24-,25-,26+,27+,28+,29+/m0/s1. The molecule has 268 valence electrons. The van der Waals surface area contributed by atoms with Crippen LogP contribution in [0.1, 0.15) is 0 Å². The van der Waals surface area contributed by atoms with Crippen LogP contribution in [0.5, 0.6) is 0 Å². The molecule has 0 aliphatic carbocycles. The number of hydrogen-bond acceptors (Lipinski definition) is 16. The summed E-state index contributed by atoms with van der Waals surface area (Å²) in [6, 6.07) is 0. The van der Waals surface area contributed by atoms with Crippen LogP contribution >= 0.6 is 0 Å². The number of methoxy groups -OCH3 is 11. The second kappa shape index (κ2) is 21.4. The van der Waals surface area contributed by atoms with E-state index in [0.29, 0.717) is 0 Å². The van der Waals surface area contributed by atoms with E-state index in [9.17, 15) is 5.11 Å². The maximum Gasteiger partial charge on any atom is 0.187 e. The summed E-state index contributed by atoms with van der Waals surface area (Å²) < 4.78 is 88.5. The molecule has 0 radical (unpaired) electrons. The fraction of sp³-hybridized carbons (Fsp3) is 1.00. The van der Waals surface area contributed by atoms with Crippen LogP contribution in [-0.2, 0) is 71.1 Å². The zero-order chi connectivity index (χ0) is 33.5. The molecule has 1 N–H and O–H groups in total. The third kappa shape index (κ3) is 9.95. The van der Waals surface area contributed by atoms with Crippen LogP contribution in [0.4, 0.5) is 0 Å². The Morgan fingerprint density at radius 2 is 1.00 bits per heavy atom. The van der Waals surface area contributed by atoms with Crippen LogP contribution in [0, 0.1) is 0 Å². The van der Waals surface area contributed by atoms with E-state index in [2.05, 4.69) is 0 Å². The van der Waals surface area contributed by atoms with Crippen LogP contribution in [0.25, 0.3) is 0 Å². The molecule has 0 bridgehead atoms. The Balaban J connectivity index is 2.47. The predicted molar refractivity (Wildman–Crippen MR) is 156 cm³/mol. The van der Waals surface area contributed by atoms with Gasteiger partial charge in [0.05, 0.1) is 26.4 Å². The summed E-state index contributed by atoms with van der Waals surface area (Å²) in [6.45, 7) is 0.140. The molecule has 2 aliphatic heterocycles.